The van der Waals surface area contributed by atoms with Crippen molar-refractivity contribution in [3.8, 4) is 11.4 Å². The van der Waals surface area contributed by atoms with Crippen molar-refractivity contribution in [2.24, 2.45) is 0 Å². The van der Waals surface area contributed by atoms with Gasteiger partial charge in [-0.05, 0) is 36.4 Å². The van der Waals surface area contributed by atoms with Gasteiger partial charge in [-0.15, -0.1) is 32.9 Å². The molecule has 0 atom stereocenters. The van der Waals surface area contributed by atoms with E-state index in [4.69, 9.17) is 55.2 Å². The maximum absolute atomic E-state index is 13.6. The van der Waals surface area contributed by atoms with Crippen LogP contribution in [0.15, 0.2) is 65.8 Å². The van der Waals surface area contributed by atoms with Gasteiger partial charge >= 0.3 is 26.3 Å². The normalized spacial score (nSPS) is 12.6. The highest BCUT2D eigenvalue weighted by molar-refractivity contribution is 7.88. The summed E-state index contributed by atoms with van der Waals surface area (Å²) in [5.74, 6) is -0.232. The molecule has 8 aromatic rings. The molecule has 15 nitrogen and oxygen atoms in total. The van der Waals surface area contributed by atoms with Crippen LogP contribution in [-0.2, 0) is 20.2 Å². The number of benzene rings is 2. The molecule has 2 aromatic carbocycles. The Morgan fingerprint density at radius 2 is 1.08 bits per heavy atom. The number of nitrogens with zero attached hydrogens (tertiary/aromatic N) is 4. The molecule has 8 rings (SSSR count). The van der Waals surface area contributed by atoms with Crippen LogP contribution >= 0.6 is 69.1 Å². The van der Waals surface area contributed by atoms with Crippen LogP contribution in [0.3, 0.4) is 0 Å². The highest BCUT2D eigenvalue weighted by atomic mass is 35.5. The van der Waals surface area contributed by atoms with Crippen LogP contribution < -0.4 is 10.6 Å². The summed E-state index contributed by atoms with van der Waals surface area (Å²) in [6, 6.07) is 10.5. The van der Waals surface area contributed by atoms with Crippen LogP contribution in [-0.4, -0.2) is 51.5 Å². The lowest BCUT2D eigenvalue weighted by atomic mass is 10.3. The van der Waals surface area contributed by atoms with Crippen molar-refractivity contribution >= 4 is 150 Å². The average Bonchev–Trinajstić information content (AvgIpc) is 3.82. The van der Waals surface area contributed by atoms with Crippen LogP contribution in [0, 0.1) is 0 Å². The van der Waals surface area contributed by atoms with E-state index < -0.39 is 26.3 Å². The fourth-order valence-electron chi connectivity index (χ4n) is 5.13. The Morgan fingerprint density at radius 3 is 1.44 bits per heavy atom. The minimum absolute atomic E-state index is 0.0363. The molecule has 0 spiro atoms. The number of carbonyl (C=O) groups is 1. The van der Waals surface area contributed by atoms with E-state index in [-0.39, 0.29) is 72.9 Å². The van der Waals surface area contributed by atoms with E-state index in [1.807, 2.05) is 0 Å². The number of rotatable bonds is 6. The lowest BCUT2D eigenvalue weighted by Gasteiger charge is -2.06. The standard InChI is InChI=1S/C27H12Cl4N6O9S4/c28-9-1-3-13(11(30)5-9)36-19-21(45-15-7-17(47-23(15)19)49(39,40)41)25(34-36)32-27(38)33-26-22-20(24-16(46-22)8-18(48-24)50(42,43)44)37(35-26)14-4-2-10(29)6-12(14)31/h1-8H,(H,39,40,41)(H,42,43,44)(H2,32,33,34,35,38). The number of fused-ring (bicyclic) bond motifs is 6. The number of hydrogen-bond acceptors (Lipinski definition) is 11. The van der Waals surface area contributed by atoms with Gasteiger partial charge < -0.3 is 8.83 Å². The molecule has 23 heteroatoms. The Hall–Kier alpha value is -3.89. The molecule has 256 valence electrons. The second kappa shape index (κ2) is 11.6. The Labute approximate surface area is 306 Å². The van der Waals surface area contributed by atoms with E-state index in [1.54, 1.807) is 24.3 Å². The first-order valence-electron chi connectivity index (χ1n) is 13.4. The molecular weight excluding hydrogens is 822 g/mol. The summed E-state index contributed by atoms with van der Waals surface area (Å²) in [7, 11) is -9.13. The molecule has 50 heavy (non-hydrogen) atoms. The van der Waals surface area contributed by atoms with Crippen molar-refractivity contribution in [1.29, 1.82) is 0 Å². The monoisotopic (exact) mass is 832 g/mol. The number of furan rings is 2. The van der Waals surface area contributed by atoms with Gasteiger partial charge in [-0.25, -0.2) is 14.2 Å². The van der Waals surface area contributed by atoms with E-state index >= 15 is 0 Å². The predicted octanol–water partition coefficient (Wildman–Crippen LogP) is 8.73. The summed E-state index contributed by atoms with van der Waals surface area (Å²) in [6.07, 6.45) is 0. The first kappa shape index (κ1) is 33.3. The molecular formula is C27H12Cl4N6O9S4. The van der Waals surface area contributed by atoms with Gasteiger partial charge in [0.15, 0.2) is 31.2 Å². The first-order chi connectivity index (χ1) is 23.6. The van der Waals surface area contributed by atoms with E-state index in [0.29, 0.717) is 44.1 Å². The highest BCUT2D eigenvalue weighted by Crippen LogP contribution is 2.44. The molecule has 0 aliphatic carbocycles. The third-order valence-corrected chi connectivity index (χ3v) is 13.1. The third-order valence-electron chi connectivity index (χ3n) is 7.14. The average molecular weight is 835 g/mol. The smallest absolute Gasteiger partial charge is 0.326 e. The van der Waals surface area contributed by atoms with E-state index in [2.05, 4.69) is 20.8 Å². The minimum Gasteiger partial charge on any atom is -0.449 e. The minimum atomic E-state index is -4.57. The second-order valence-corrected chi connectivity index (χ2v) is 17.4. The Morgan fingerprint density at radius 1 is 0.680 bits per heavy atom. The zero-order valence-corrected chi connectivity index (χ0v) is 30.1. The molecule has 6 aromatic heterocycles. The van der Waals surface area contributed by atoms with Crippen LogP contribution in [0.2, 0.25) is 20.1 Å². The van der Waals surface area contributed by atoms with Crippen molar-refractivity contribution in [1.82, 2.24) is 19.6 Å². The van der Waals surface area contributed by atoms with Gasteiger partial charge in [0.25, 0.3) is 0 Å². The molecule has 0 saturated heterocycles. The Bertz CT molecular complexity index is 2780. The van der Waals surface area contributed by atoms with E-state index in [9.17, 15) is 30.7 Å². The molecule has 6 heterocycles. The fraction of sp³-hybridized carbons (Fsp3) is 0. The van der Waals surface area contributed by atoms with Crippen molar-refractivity contribution < 1.29 is 39.6 Å². The largest absolute Gasteiger partial charge is 0.449 e. The van der Waals surface area contributed by atoms with Crippen LogP contribution in [0.4, 0.5) is 16.4 Å². The molecule has 0 saturated carbocycles. The Balaban J connectivity index is 1.23. The van der Waals surface area contributed by atoms with Crippen LogP contribution in [0.1, 0.15) is 0 Å². The molecule has 4 N–H and O–H groups in total. The number of hydrogen-bond donors (Lipinski definition) is 4. The van der Waals surface area contributed by atoms with Crippen molar-refractivity contribution in [2.45, 2.75) is 8.42 Å². The number of amides is 2. The summed E-state index contributed by atoms with van der Waals surface area (Å²) in [5, 5.41) is 15.1. The molecule has 0 bridgehead atoms. The molecule has 2 amide bonds. The summed E-state index contributed by atoms with van der Waals surface area (Å²) >= 11 is 26.6. The number of halogens is 4. The molecule has 0 aliphatic rings. The highest BCUT2D eigenvalue weighted by Gasteiger charge is 2.29. The zero-order valence-electron chi connectivity index (χ0n) is 23.8. The fourth-order valence-corrected chi connectivity index (χ4v) is 9.65. The topological polar surface area (TPSA) is 212 Å². The maximum atomic E-state index is 13.6. The van der Waals surface area contributed by atoms with E-state index in [0.717, 1.165) is 12.1 Å². The van der Waals surface area contributed by atoms with Gasteiger partial charge in [0.2, 0.25) is 0 Å². The number of carbonyl (C=O) groups excluding carboxylic acids is 1. The van der Waals surface area contributed by atoms with Gasteiger partial charge in [0.05, 0.1) is 21.4 Å². The number of thiophene rings is 2. The summed E-state index contributed by atoms with van der Waals surface area (Å²) in [5.41, 5.74) is 1.30. The number of nitrogens with one attached hydrogen (secondary N) is 2. The second-order valence-electron chi connectivity index (χ2n) is 10.3. The summed E-state index contributed by atoms with van der Waals surface area (Å²) in [6.45, 7) is 0. The molecule has 0 fully saturated rings. The van der Waals surface area contributed by atoms with Crippen LogP contribution in [0.5, 0.6) is 0 Å². The number of urea groups is 1. The third kappa shape index (κ3) is 5.50. The zero-order chi connectivity index (χ0) is 35.4. The number of anilines is 2. The molecule has 0 unspecified atom stereocenters. The first-order valence-corrected chi connectivity index (χ1v) is 19.4. The molecule has 0 radical (unpaired) electrons. The van der Waals surface area contributed by atoms with Crippen molar-refractivity contribution in [2.75, 3.05) is 10.6 Å². The van der Waals surface area contributed by atoms with Crippen molar-refractivity contribution in [3.63, 3.8) is 0 Å². The van der Waals surface area contributed by atoms with Crippen LogP contribution in [0.25, 0.3) is 54.1 Å². The van der Waals surface area contributed by atoms with Gasteiger partial charge in [-0.2, -0.15) is 16.8 Å². The predicted molar refractivity (Wildman–Crippen MR) is 190 cm³/mol. The van der Waals surface area contributed by atoms with Gasteiger partial charge in [0.1, 0.15) is 31.6 Å². The maximum Gasteiger partial charge on any atom is 0.326 e. The summed E-state index contributed by atoms with van der Waals surface area (Å²) in [4.78, 5) is 13.6. The SMILES string of the molecule is O=C(Nc1nn(-c2ccc(Cl)cc2Cl)c2c1oc1cc(S(=O)(=O)O)sc12)Nc1nn(-c2ccc(Cl)cc2Cl)c2c1oc1cc(S(=O)(=O)O)sc12. The molecule has 0 aliphatic heterocycles. The lowest BCUT2D eigenvalue weighted by Crippen LogP contribution is -2.20. The van der Waals surface area contributed by atoms with Crippen molar-refractivity contribution in [3.05, 3.63) is 68.6 Å². The van der Waals surface area contributed by atoms with Gasteiger partial charge in [0, 0.05) is 22.2 Å². The quantitative estimate of drug-likeness (QED) is 0.116. The number of aromatic nitrogens is 4. The van der Waals surface area contributed by atoms with Gasteiger partial charge in [-0.3, -0.25) is 19.7 Å². The Kier molecular flexibility index (Phi) is 7.70. The lowest BCUT2D eigenvalue weighted by molar-refractivity contribution is 0.262. The summed E-state index contributed by atoms with van der Waals surface area (Å²) < 4.78 is 80.9. The van der Waals surface area contributed by atoms with E-state index in [1.165, 1.54) is 21.5 Å². The van der Waals surface area contributed by atoms with Gasteiger partial charge in [-0.1, -0.05) is 46.4 Å².